The topological polar surface area (TPSA) is 80.1 Å². The van der Waals surface area contributed by atoms with Crippen LogP contribution >= 0.6 is 0 Å². The molecule has 88 valence electrons. The van der Waals surface area contributed by atoms with E-state index < -0.39 is 0 Å². The number of nitrogen functional groups attached to an aromatic ring is 1. The third-order valence-corrected chi connectivity index (χ3v) is 2.28. The number of amides is 1. The van der Waals surface area contributed by atoms with E-state index in [2.05, 4.69) is 10.3 Å². The molecular formula is C12H13N3O2. The molecule has 2 rings (SSSR count). The van der Waals surface area contributed by atoms with Crippen LogP contribution in [0.15, 0.2) is 36.5 Å². The Morgan fingerprint density at radius 3 is 2.88 bits per heavy atom. The van der Waals surface area contributed by atoms with Gasteiger partial charge in [-0.3, -0.25) is 4.79 Å². The number of rotatable bonds is 3. The van der Waals surface area contributed by atoms with Crippen molar-refractivity contribution in [2.24, 2.45) is 0 Å². The Morgan fingerprint density at radius 1 is 1.41 bits per heavy atom. The zero-order chi connectivity index (χ0) is 12.3. The average molecular weight is 231 g/mol. The molecule has 1 aromatic carbocycles. The number of anilines is 2. The maximum absolute atomic E-state index is 11.8. The molecule has 1 heterocycles. The molecule has 0 radical (unpaired) electrons. The minimum Gasteiger partial charge on any atom is -0.497 e. The Morgan fingerprint density at radius 2 is 2.24 bits per heavy atom. The van der Waals surface area contributed by atoms with Gasteiger partial charge in [-0.15, -0.1) is 0 Å². The summed E-state index contributed by atoms with van der Waals surface area (Å²) in [6, 6.07) is 8.71. The van der Waals surface area contributed by atoms with Gasteiger partial charge in [-0.2, -0.15) is 0 Å². The van der Waals surface area contributed by atoms with Crippen LogP contribution < -0.4 is 15.8 Å². The number of nitrogens with two attached hydrogens (primary N) is 1. The number of hydrogen-bond donors (Lipinski definition) is 3. The smallest absolute Gasteiger partial charge is 0.272 e. The van der Waals surface area contributed by atoms with Crippen molar-refractivity contribution in [2.45, 2.75) is 0 Å². The zero-order valence-electron chi connectivity index (χ0n) is 9.36. The molecule has 0 bridgehead atoms. The van der Waals surface area contributed by atoms with E-state index in [0.29, 0.717) is 22.8 Å². The summed E-state index contributed by atoms with van der Waals surface area (Å²) in [7, 11) is 1.58. The summed E-state index contributed by atoms with van der Waals surface area (Å²) in [5.41, 5.74) is 7.14. The Kier molecular flexibility index (Phi) is 3.00. The van der Waals surface area contributed by atoms with Crippen molar-refractivity contribution in [1.82, 2.24) is 4.98 Å². The highest BCUT2D eigenvalue weighted by atomic mass is 16.5. The largest absolute Gasteiger partial charge is 0.497 e. The Hall–Kier alpha value is -2.43. The van der Waals surface area contributed by atoms with Crippen molar-refractivity contribution in [3.63, 3.8) is 0 Å². The third kappa shape index (κ3) is 2.57. The van der Waals surface area contributed by atoms with Gasteiger partial charge in [0.25, 0.3) is 5.91 Å². The monoisotopic (exact) mass is 231 g/mol. The number of aromatic amines is 1. The molecule has 4 N–H and O–H groups in total. The molecule has 17 heavy (non-hydrogen) atoms. The first-order valence-corrected chi connectivity index (χ1v) is 5.08. The Balaban J connectivity index is 2.12. The SMILES string of the molecule is COc1cccc(NC(=O)c2cc(N)c[nH]2)c1. The van der Waals surface area contributed by atoms with Gasteiger partial charge in [0.2, 0.25) is 0 Å². The second-order valence-electron chi connectivity index (χ2n) is 3.53. The summed E-state index contributed by atoms with van der Waals surface area (Å²) in [5, 5.41) is 2.74. The van der Waals surface area contributed by atoms with E-state index in [-0.39, 0.29) is 5.91 Å². The Bertz CT molecular complexity index is 534. The first-order chi connectivity index (χ1) is 8.19. The fourth-order valence-corrected chi connectivity index (χ4v) is 1.44. The number of benzene rings is 1. The maximum Gasteiger partial charge on any atom is 0.272 e. The molecule has 0 unspecified atom stereocenters. The van der Waals surface area contributed by atoms with E-state index in [1.807, 2.05) is 6.07 Å². The van der Waals surface area contributed by atoms with Crippen LogP contribution in [0.4, 0.5) is 11.4 Å². The number of H-pyrrole nitrogens is 1. The molecule has 0 aliphatic rings. The maximum atomic E-state index is 11.8. The van der Waals surface area contributed by atoms with Crippen molar-refractivity contribution in [3.05, 3.63) is 42.2 Å². The molecule has 1 aromatic heterocycles. The van der Waals surface area contributed by atoms with Crippen molar-refractivity contribution in [1.29, 1.82) is 0 Å². The summed E-state index contributed by atoms with van der Waals surface area (Å²) in [6.07, 6.45) is 1.57. The van der Waals surface area contributed by atoms with E-state index in [9.17, 15) is 4.79 Å². The van der Waals surface area contributed by atoms with Crippen LogP contribution in [0.25, 0.3) is 0 Å². The van der Waals surface area contributed by atoms with Crippen LogP contribution in [-0.4, -0.2) is 18.0 Å². The first kappa shape index (κ1) is 11.1. The van der Waals surface area contributed by atoms with Gasteiger partial charge in [-0.1, -0.05) is 6.07 Å². The molecular weight excluding hydrogens is 218 g/mol. The number of aromatic nitrogens is 1. The molecule has 2 aromatic rings. The van der Waals surface area contributed by atoms with E-state index in [1.165, 1.54) is 0 Å². The van der Waals surface area contributed by atoms with Gasteiger partial charge in [-0.05, 0) is 18.2 Å². The van der Waals surface area contributed by atoms with E-state index in [1.54, 1.807) is 37.6 Å². The fourth-order valence-electron chi connectivity index (χ4n) is 1.44. The average Bonchev–Trinajstić information content (AvgIpc) is 2.76. The van der Waals surface area contributed by atoms with Crippen molar-refractivity contribution in [2.75, 3.05) is 18.2 Å². The molecule has 5 nitrogen and oxygen atoms in total. The second kappa shape index (κ2) is 4.61. The number of ether oxygens (including phenoxy) is 1. The van der Waals surface area contributed by atoms with Crippen molar-refractivity contribution < 1.29 is 9.53 Å². The zero-order valence-corrected chi connectivity index (χ0v) is 9.36. The van der Waals surface area contributed by atoms with Crippen molar-refractivity contribution >= 4 is 17.3 Å². The third-order valence-electron chi connectivity index (χ3n) is 2.28. The van der Waals surface area contributed by atoms with Crippen LogP contribution in [-0.2, 0) is 0 Å². The predicted octanol–water partition coefficient (Wildman–Crippen LogP) is 1.86. The summed E-state index contributed by atoms with van der Waals surface area (Å²) < 4.78 is 5.07. The molecule has 0 aliphatic heterocycles. The highest BCUT2D eigenvalue weighted by Crippen LogP contribution is 2.17. The molecule has 1 amide bonds. The summed E-state index contributed by atoms with van der Waals surface area (Å²) in [6.45, 7) is 0. The Labute approximate surface area is 98.6 Å². The fraction of sp³-hybridized carbons (Fsp3) is 0.0833. The van der Waals surface area contributed by atoms with Gasteiger partial charge < -0.3 is 20.8 Å². The second-order valence-corrected chi connectivity index (χ2v) is 3.53. The lowest BCUT2D eigenvalue weighted by molar-refractivity contribution is 0.102. The van der Waals surface area contributed by atoms with Crippen LogP contribution in [0.5, 0.6) is 5.75 Å². The van der Waals surface area contributed by atoms with Gasteiger partial charge in [0, 0.05) is 23.6 Å². The predicted molar refractivity (Wildman–Crippen MR) is 66.2 cm³/mol. The van der Waals surface area contributed by atoms with Crippen LogP contribution in [0.1, 0.15) is 10.5 Å². The highest BCUT2D eigenvalue weighted by molar-refractivity contribution is 6.03. The summed E-state index contributed by atoms with van der Waals surface area (Å²) in [4.78, 5) is 14.6. The van der Waals surface area contributed by atoms with E-state index in [0.717, 1.165) is 0 Å². The van der Waals surface area contributed by atoms with Gasteiger partial charge in [0.05, 0.1) is 7.11 Å². The molecule has 0 aliphatic carbocycles. The standard InChI is InChI=1S/C12H13N3O2/c1-17-10-4-2-3-9(6-10)15-12(16)11-5-8(13)7-14-11/h2-7,14H,13H2,1H3,(H,15,16). The minimum absolute atomic E-state index is 0.241. The van der Waals surface area contributed by atoms with E-state index >= 15 is 0 Å². The molecule has 0 saturated heterocycles. The van der Waals surface area contributed by atoms with Gasteiger partial charge in [0.15, 0.2) is 0 Å². The summed E-state index contributed by atoms with van der Waals surface area (Å²) >= 11 is 0. The van der Waals surface area contributed by atoms with Crippen LogP contribution in [0.3, 0.4) is 0 Å². The molecule has 0 saturated carbocycles. The normalized spacial score (nSPS) is 9.94. The number of hydrogen-bond acceptors (Lipinski definition) is 3. The highest BCUT2D eigenvalue weighted by Gasteiger charge is 2.08. The van der Waals surface area contributed by atoms with Crippen molar-refractivity contribution in [3.8, 4) is 5.75 Å². The van der Waals surface area contributed by atoms with Gasteiger partial charge in [0.1, 0.15) is 11.4 Å². The minimum atomic E-state index is -0.241. The van der Waals surface area contributed by atoms with E-state index in [4.69, 9.17) is 10.5 Å². The lowest BCUT2D eigenvalue weighted by Gasteiger charge is -2.05. The lowest BCUT2D eigenvalue weighted by atomic mass is 10.3. The van der Waals surface area contributed by atoms with Gasteiger partial charge in [-0.25, -0.2) is 0 Å². The molecule has 0 spiro atoms. The molecule has 0 atom stereocenters. The number of carbonyl (C=O) groups is 1. The quantitative estimate of drug-likeness (QED) is 0.754. The van der Waals surface area contributed by atoms with Crippen LogP contribution in [0.2, 0.25) is 0 Å². The van der Waals surface area contributed by atoms with Crippen LogP contribution in [0, 0.1) is 0 Å². The number of nitrogens with one attached hydrogen (secondary N) is 2. The van der Waals surface area contributed by atoms with Gasteiger partial charge >= 0.3 is 0 Å². The molecule has 5 heteroatoms. The lowest BCUT2D eigenvalue weighted by Crippen LogP contribution is -2.12. The first-order valence-electron chi connectivity index (χ1n) is 5.08. The number of methoxy groups -OCH3 is 1. The molecule has 0 fully saturated rings. The summed E-state index contributed by atoms with van der Waals surface area (Å²) in [5.74, 6) is 0.448. The number of carbonyl (C=O) groups excluding carboxylic acids is 1.